The van der Waals surface area contributed by atoms with Crippen molar-refractivity contribution in [2.45, 2.75) is 19.4 Å². The van der Waals surface area contributed by atoms with E-state index in [1.54, 1.807) is 12.1 Å². The number of carbonyl (C=O) groups is 1. The molecule has 0 aliphatic carbocycles. The highest BCUT2D eigenvalue weighted by Crippen LogP contribution is 2.17. The van der Waals surface area contributed by atoms with E-state index in [2.05, 4.69) is 10.1 Å². The van der Waals surface area contributed by atoms with Crippen LogP contribution in [0.1, 0.15) is 24.9 Å². The molecule has 1 atom stereocenters. The maximum Gasteiger partial charge on any atom is 0.307 e. The molecule has 4 heteroatoms. The van der Waals surface area contributed by atoms with Crippen LogP contribution in [0.3, 0.4) is 0 Å². The van der Waals surface area contributed by atoms with Crippen molar-refractivity contribution >= 4 is 5.97 Å². The van der Waals surface area contributed by atoms with Gasteiger partial charge in [-0.05, 0) is 24.2 Å². The van der Waals surface area contributed by atoms with E-state index in [1.165, 1.54) is 19.2 Å². The Kier molecular flexibility index (Phi) is 4.92. The standard InChI is InChI=1S/C12H16FNO2/c1-3-14-11(8-12(15)16-2)9-4-6-10(13)7-5-9/h4-7,11,14H,3,8H2,1-2H3/t11-/m1/s1. The number of benzene rings is 1. The SMILES string of the molecule is CCN[C@H](CC(=O)OC)c1ccc(F)cc1. The Morgan fingerprint density at radius 1 is 1.44 bits per heavy atom. The van der Waals surface area contributed by atoms with Crippen LogP contribution >= 0.6 is 0 Å². The van der Waals surface area contributed by atoms with E-state index in [9.17, 15) is 9.18 Å². The summed E-state index contributed by atoms with van der Waals surface area (Å²) in [4.78, 5) is 11.2. The second-order valence-corrected chi connectivity index (χ2v) is 3.44. The van der Waals surface area contributed by atoms with E-state index in [-0.39, 0.29) is 24.2 Å². The van der Waals surface area contributed by atoms with Gasteiger partial charge in [-0.3, -0.25) is 4.79 Å². The molecule has 16 heavy (non-hydrogen) atoms. The van der Waals surface area contributed by atoms with Crippen molar-refractivity contribution in [1.82, 2.24) is 5.32 Å². The third-order valence-electron chi connectivity index (χ3n) is 2.32. The minimum Gasteiger partial charge on any atom is -0.469 e. The largest absolute Gasteiger partial charge is 0.469 e. The number of ether oxygens (including phenoxy) is 1. The highest BCUT2D eigenvalue weighted by Gasteiger charge is 2.15. The third-order valence-corrected chi connectivity index (χ3v) is 2.32. The summed E-state index contributed by atoms with van der Waals surface area (Å²) in [6.07, 6.45) is 0.246. The van der Waals surface area contributed by atoms with Gasteiger partial charge in [-0.2, -0.15) is 0 Å². The van der Waals surface area contributed by atoms with E-state index < -0.39 is 0 Å². The predicted octanol–water partition coefficient (Wildman–Crippen LogP) is 2.04. The van der Waals surface area contributed by atoms with Crippen LogP contribution in [-0.4, -0.2) is 19.6 Å². The van der Waals surface area contributed by atoms with Crippen LogP contribution in [0.25, 0.3) is 0 Å². The molecule has 3 nitrogen and oxygen atoms in total. The Hall–Kier alpha value is -1.42. The van der Waals surface area contributed by atoms with Crippen molar-refractivity contribution in [2.24, 2.45) is 0 Å². The lowest BCUT2D eigenvalue weighted by Crippen LogP contribution is -2.24. The van der Waals surface area contributed by atoms with E-state index in [0.29, 0.717) is 0 Å². The van der Waals surface area contributed by atoms with Crippen molar-refractivity contribution < 1.29 is 13.9 Å². The van der Waals surface area contributed by atoms with Gasteiger partial charge >= 0.3 is 5.97 Å². The van der Waals surface area contributed by atoms with Crippen LogP contribution in [0.2, 0.25) is 0 Å². The van der Waals surface area contributed by atoms with Crippen LogP contribution in [-0.2, 0) is 9.53 Å². The zero-order valence-electron chi connectivity index (χ0n) is 9.50. The average Bonchev–Trinajstić information content (AvgIpc) is 2.29. The molecule has 0 radical (unpaired) electrons. The van der Waals surface area contributed by atoms with E-state index in [4.69, 9.17) is 0 Å². The van der Waals surface area contributed by atoms with Gasteiger partial charge in [0.15, 0.2) is 0 Å². The number of carbonyl (C=O) groups excluding carboxylic acids is 1. The van der Waals surface area contributed by atoms with Crippen molar-refractivity contribution in [1.29, 1.82) is 0 Å². The highest BCUT2D eigenvalue weighted by atomic mass is 19.1. The Balaban J connectivity index is 2.76. The molecular formula is C12H16FNO2. The molecule has 0 aliphatic rings. The minimum atomic E-state index is -0.282. The lowest BCUT2D eigenvalue weighted by molar-refractivity contribution is -0.141. The lowest BCUT2D eigenvalue weighted by Gasteiger charge is -2.16. The number of hydrogen-bond donors (Lipinski definition) is 1. The van der Waals surface area contributed by atoms with Crippen molar-refractivity contribution in [3.05, 3.63) is 35.6 Å². The van der Waals surface area contributed by atoms with E-state index in [1.807, 2.05) is 6.92 Å². The quantitative estimate of drug-likeness (QED) is 0.779. The second kappa shape index (κ2) is 6.23. The molecular weight excluding hydrogens is 209 g/mol. The van der Waals surface area contributed by atoms with Gasteiger partial charge < -0.3 is 10.1 Å². The topological polar surface area (TPSA) is 38.3 Å². The van der Waals surface area contributed by atoms with Gasteiger partial charge in [-0.1, -0.05) is 19.1 Å². The normalized spacial score (nSPS) is 12.2. The van der Waals surface area contributed by atoms with Gasteiger partial charge in [0.2, 0.25) is 0 Å². The van der Waals surface area contributed by atoms with Gasteiger partial charge in [-0.25, -0.2) is 4.39 Å². The minimum absolute atomic E-state index is 0.127. The molecule has 1 rings (SSSR count). The fourth-order valence-electron chi connectivity index (χ4n) is 1.50. The lowest BCUT2D eigenvalue weighted by atomic mass is 10.0. The smallest absolute Gasteiger partial charge is 0.307 e. The van der Waals surface area contributed by atoms with Gasteiger partial charge in [0.25, 0.3) is 0 Å². The molecule has 0 amide bonds. The van der Waals surface area contributed by atoms with E-state index in [0.717, 1.165) is 12.1 Å². The summed E-state index contributed by atoms with van der Waals surface area (Å²) in [6.45, 7) is 2.69. The van der Waals surface area contributed by atoms with E-state index >= 15 is 0 Å². The average molecular weight is 225 g/mol. The molecule has 0 bridgehead atoms. The predicted molar refractivity (Wildman–Crippen MR) is 59.5 cm³/mol. The number of nitrogens with one attached hydrogen (secondary N) is 1. The molecule has 0 heterocycles. The van der Waals surface area contributed by atoms with Gasteiger partial charge in [0, 0.05) is 6.04 Å². The summed E-state index contributed by atoms with van der Waals surface area (Å²) in [5.41, 5.74) is 0.883. The Bertz CT molecular complexity index is 337. The third kappa shape index (κ3) is 3.62. The number of esters is 1. The summed E-state index contributed by atoms with van der Waals surface area (Å²) in [5.74, 6) is -0.563. The van der Waals surface area contributed by atoms with Crippen molar-refractivity contribution in [3.63, 3.8) is 0 Å². The number of halogens is 1. The molecule has 88 valence electrons. The first kappa shape index (κ1) is 12.6. The molecule has 1 N–H and O–H groups in total. The first-order chi connectivity index (χ1) is 7.67. The summed E-state index contributed by atoms with van der Waals surface area (Å²) in [7, 11) is 1.36. The maximum atomic E-state index is 12.8. The first-order valence-electron chi connectivity index (χ1n) is 5.23. The molecule has 1 aromatic rings. The molecule has 0 saturated heterocycles. The fourth-order valence-corrected chi connectivity index (χ4v) is 1.50. The Labute approximate surface area is 94.6 Å². The number of hydrogen-bond acceptors (Lipinski definition) is 3. The van der Waals surface area contributed by atoms with Crippen LogP contribution < -0.4 is 5.32 Å². The van der Waals surface area contributed by atoms with Crippen LogP contribution in [0.4, 0.5) is 4.39 Å². The first-order valence-corrected chi connectivity index (χ1v) is 5.23. The molecule has 0 spiro atoms. The summed E-state index contributed by atoms with van der Waals surface area (Å²) >= 11 is 0. The molecule has 0 saturated carbocycles. The zero-order chi connectivity index (χ0) is 12.0. The molecule has 1 aromatic carbocycles. The zero-order valence-corrected chi connectivity index (χ0v) is 9.50. The Morgan fingerprint density at radius 2 is 2.06 bits per heavy atom. The molecule has 0 aromatic heterocycles. The van der Waals surface area contributed by atoms with Crippen LogP contribution in [0.5, 0.6) is 0 Å². The summed E-state index contributed by atoms with van der Waals surface area (Å²) in [5, 5.41) is 3.16. The summed E-state index contributed by atoms with van der Waals surface area (Å²) in [6, 6.07) is 5.99. The second-order valence-electron chi connectivity index (χ2n) is 3.44. The Morgan fingerprint density at radius 3 is 2.56 bits per heavy atom. The van der Waals surface area contributed by atoms with Crippen LogP contribution in [0, 0.1) is 5.82 Å². The fraction of sp³-hybridized carbons (Fsp3) is 0.417. The highest BCUT2D eigenvalue weighted by molar-refractivity contribution is 5.70. The van der Waals surface area contributed by atoms with Crippen molar-refractivity contribution in [3.8, 4) is 0 Å². The maximum absolute atomic E-state index is 12.8. The molecule has 0 fully saturated rings. The molecule has 0 aliphatic heterocycles. The van der Waals surface area contributed by atoms with Gasteiger partial charge in [0.05, 0.1) is 13.5 Å². The van der Waals surface area contributed by atoms with Crippen molar-refractivity contribution in [2.75, 3.05) is 13.7 Å². The monoisotopic (exact) mass is 225 g/mol. The number of rotatable bonds is 5. The molecule has 0 unspecified atom stereocenters. The van der Waals surface area contributed by atoms with Crippen LogP contribution in [0.15, 0.2) is 24.3 Å². The van der Waals surface area contributed by atoms with Gasteiger partial charge in [0.1, 0.15) is 5.82 Å². The number of methoxy groups -OCH3 is 1. The van der Waals surface area contributed by atoms with Gasteiger partial charge in [-0.15, -0.1) is 0 Å². The summed E-state index contributed by atoms with van der Waals surface area (Å²) < 4.78 is 17.4.